The maximum absolute atomic E-state index is 4.61. The highest BCUT2D eigenvalue weighted by Crippen LogP contribution is 2.25. The van der Waals surface area contributed by atoms with Gasteiger partial charge in [-0.05, 0) is 37.8 Å². The summed E-state index contributed by atoms with van der Waals surface area (Å²) in [5.74, 6) is 0.467. The summed E-state index contributed by atoms with van der Waals surface area (Å²) in [5, 5.41) is 8.20. The van der Waals surface area contributed by atoms with Crippen LogP contribution in [0, 0.1) is 6.92 Å². The maximum atomic E-state index is 4.61. The molecule has 1 fully saturated rings. The smallest absolute Gasteiger partial charge is 0.0649 e. The lowest BCUT2D eigenvalue weighted by Crippen LogP contribution is -2.17. The predicted octanol–water partition coefficient (Wildman–Crippen LogP) is 3.56. The summed E-state index contributed by atoms with van der Waals surface area (Å²) in [6.07, 6.45) is 4.66. The van der Waals surface area contributed by atoms with Gasteiger partial charge in [0, 0.05) is 18.2 Å². The second kappa shape index (κ2) is 5.41. The van der Waals surface area contributed by atoms with E-state index in [0.717, 1.165) is 18.3 Å². The number of nitrogens with one attached hydrogen (secondary N) is 1. The normalized spacial score (nSPS) is 15.0. The Morgan fingerprint density at radius 3 is 2.55 bits per heavy atom. The molecule has 1 aliphatic rings. The standard InChI is InChI=1S/C17H23N3/c1-12(2)17-14(10-18-15-6-7-15)11-19-20(17)16-8-4-13(3)5-9-16/h4-5,8-9,11-12,15,18H,6-7,10H2,1-3H3. The topological polar surface area (TPSA) is 29.9 Å². The molecule has 0 unspecified atom stereocenters. The minimum Gasteiger partial charge on any atom is -0.310 e. The van der Waals surface area contributed by atoms with Gasteiger partial charge >= 0.3 is 0 Å². The SMILES string of the molecule is Cc1ccc(-n2ncc(CNC3CC3)c2C(C)C)cc1. The van der Waals surface area contributed by atoms with Crippen molar-refractivity contribution >= 4 is 0 Å². The van der Waals surface area contributed by atoms with Crippen molar-refractivity contribution in [3.05, 3.63) is 47.3 Å². The molecule has 1 heterocycles. The summed E-state index contributed by atoms with van der Waals surface area (Å²) >= 11 is 0. The number of aryl methyl sites for hydroxylation is 1. The van der Waals surface area contributed by atoms with Crippen molar-refractivity contribution in [2.24, 2.45) is 0 Å². The number of aromatic nitrogens is 2. The predicted molar refractivity (Wildman–Crippen MR) is 82.3 cm³/mol. The van der Waals surface area contributed by atoms with Crippen LogP contribution in [-0.4, -0.2) is 15.8 Å². The van der Waals surface area contributed by atoms with Crippen LogP contribution in [0.3, 0.4) is 0 Å². The van der Waals surface area contributed by atoms with Crippen molar-refractivity contribution in [2.75, 3.05) is 0 Å². The molecule has 0 radical (unpaired) electrons. The molecule has 20 heavy (non-hydrogen) atoms. The second-order valence-corrected chi connectivity index (χ2v) is 6.11. The third kappa shape index (κ3) is 2.78. The highest BCUT2D eigenvalue weighted by molar-refractivity contribution is 5.38. The van der Waals surface area contributed by atoms with E-state index in [1.54, 1.807) is 0 Å². The van der Waals surface area contributed by atoms with Gasteiger partial charge in [0.05, 0.1) is 17.6 Å². The van der Waals surface area contributed by atoms with Gasteiger partial charge in [-0.25, -0.2) is 4.68 Å². The van der Waals surface area contributed by atoms with Gasteiger partial charge in [-0.2, -0.15) is 5.10 Å². The molecule has 0 atom stereocenters. The Bertz CT molecular complexity index is 577. The molecule has 1 aromatic carbocycles. The van der Waals surface area contributed by atoms with E-state index in [-0.39, 0.29) is 0 Å². The van der Waals surface area contributed by atoms with Crippen LogP contribution in [0.25, 0.3) is 5.69 Å². The van der Waals surface area contributed by atoms with Gasteiger partial charge in [-0.1, -0.05) is 31.5 Å². The van der Waals surface area contributed by atoms with Crippen LogP contribution in [0.15, 0.2) is 30.5 Å². The fourth-order valence-corrected chi connectivity index (χ4v) is 2.58. The summed E-state index contributed by atoms with van der Waals surface area (Å²) < 4.78 is 2.09. The molecule has 0 saturated heterocycles. The number of rotatable bonds is 5. The van der Waals surface area contributed by atoms with E-state index in [0.29, 0.717) is 5.92 Å². The lowest BCUT2D eigenvalue weighted by molar-refractivity contribution is 0.666. The van der Waals surface area contributed by atoms with Crippen molar-refractivity contribution in [1.82, 2.24) is 15.1 Å². The molecule has 1 aliphatic carbocycles. The summed E-state index contributed by atoms with van der Waals surface area (Å²) in [7, 11) is 0. The quantitative estimate of drug-likeness (QED) is 0.899. The molecular formula is C17H23N3. The molecule has 1 aromatic heterocycles. The molecule has 1 N–H and O–H groups in total. The van der Waals surface area contributed by atoms with E-state index < -0.39 is 0 Å². The minimum atomic E-state index is 0.467. The van der Waals surface area contributed by atoms with Gasteiger partial charge in [-0.3, -0.25) is 0 Å². The minimum absolute atomic E-state index is 0.467. The molecular weight excluding hydrogens is 246 g/mol. The van der Waals surface area contributed by atoms with Crippen LogP contribution in [-0.2, 0) is 6.54 Å². The molecule has 3 rings (SSSR count). The number of hydrogen-bond donors (Lipinski definition) is 1. The maximum Gasteiger partial charge on any atom is 0.0649 e. The summed E-state index contributed by atoms with van der Waals surface area (Å²) in [6, 6.07) is 9.31. The number of hydrogen-bond acceptors (Lipinski definition) is 2. The monoisotopic (exact) mass is 269 g/mol. The third-order valence-corrected chi connectivity index (χ3v) is 3.87. The highest BCUT2D eigenvalue weighted by Gasteiger charge is 2.22. The van der Waals surface area contributed by atoms with Crippen LogP contribution in [0.5, 0.6) is 0 Å². The molecule has 0 spiro atoms. The van der Waals surface area contributed by atoms with Gasteiger partial charge in [0.2, 0.25) is 0 Å². The van der Waals surface area contributed by atoms with Crippen molar-refractivity contribution in [3.63, 3.8) is 0 Å². The summed E-state index contributed by atoms with van der Waals surface area (Å²) in [5.41, 5.74) is 5.08. The van der Waals surface area contributed by atoms with Crippen molar-refractivity contribution in [2.45, 2.75) is 52.1 Å². The summed E-state index contributed by atoms with van der Waals surface area (Å²) in [6.45, 7) is 7.52. The van der Waals surface area contributed by atoms with Crippen molar-refractivity contribution < 1.29 is 0 Å². The third-order valence-electron chi connectivity index (χ3n) is 3.87. The summed E-state index contributed by atoms with van der Waals surface area (Å²) in [4.78, 5) is 0. The first kappa shape index (κ1) is 13.4. The van der Waals surface area contributed by atoms with Crippen molar-refractivity contribution in [1.29, 1.82) is 0 Å². The average Bonchev–Trinajstić information content (AvgIpc) is 3.15. The molecule has 0 amide bonds. The molecule has 2 aromatic rings. The molecule has 3 heteroatoms. The molecule has 1 saturated carbocycles. The first-order valence-electron chi connectivity index (χ1n) is 7.52. The first-order valence-corrected chi connectivity index (χ1v) is 7.52. The largest absolute Gasteiger partial charge is 0.310 e. The first-order chi connectivity index (χ1) is 9.65. The molecule has 0 aliphatic heterocycles. The number of benzene rings is 1. The van der Waals surface area contributed by atoms with Crippen molar-refractivity contribution in [3.8, 4) is 5.69 Å². The van der Waals surface area contributed by atoms with E-state index >= 15 is 0 Å². The second-order valence-electron chi connectivity index (χ2n) is 6.11. The zero-order chi connectivity index (χ0) is 14.1. The Labute approximate surface area is 121 Å². The Hall–Kier alpha value is -1.61. The van der Waals surface area contributed by atoms with Crippen LogP contribution < -0.4 is 5.32 Å². The van der Waals surface area contributed by atoms with Gasteiger partial charge in [-0.15, -0.1) is 0 Å². The van der Waals surface area contributed by atoms with Crippen LogP contribution in [0.1, 0.15) is 49.4 Å². The van der Waals surface area contributed by atoms with Gasteiger partial charge in [0.15, 0.2) is 0 Å². The molecule has 106 valence electrons. The van der Waals surface area contributed by atoms with Gasteiger partial charge in [0.1, 0.15) is 0 Å². The molecule has 0 bridgehead atoms. The Morgan fingerprint density at radius 2 is 1.95 bits per heavy atom. The van der Waals surface area contributed by atoms with E-state index in [4.69, 9.17) is 0 Å². The fraction of sp³-hybridized carbons (Fsp3) is 0.471. The Morgan fingerprint density at radius 1 is 1.25 bits per heavy atom. The van der Waals surface area contributed by atoms with Crippen LogP contribution in [0.4, 0.5) is 0 Å². The Balaban J connectivity index is 1.91. The average molecular weight is 269 g/mol. The van der Waals surface area contributed by atoms with E-state index in [1.807, 2.05) is 6.20 Å². The highest BCUT2D eigenvalue weighted by atomic mass is 15.3. The Kier molecular flexibility index (Phi) is 3.62. The fourth-order valence-electron chi connectivity index (χ4n) is 2.58. The lowest BCUT2D eigenvalue weighted by Gasteiger charge is -2.13. The zero-order valence-electron chi connectivity index (χ0n) is 12.6. The van der Waals surface area contributed by atoms with E-state index in [2.05, 4.69) is 60.1 Å². The van der Waals surface area contributed by atoms with E-state index in [9.17, 15) is 0 Å². The van der Waals surface area contributed by atoms with Crippen LogP contribution in [0.2, 0.25) is 0 Å². The van der Waals surface area contributed by atoms with Gasteiger partial charge in [0.25, 0.3) is 0 Å². The van der Waals surface area contributed by atoms with Gasteiger partial charge < -0.3 is 5.32 Å². The number of nitrogens with zero attached hydrogens (tertiary/aromatic N) is 2. The zero-order valence-corrected chi connectivity index (χ0v) is 12.6. The molecule has 3 nitrogen and oxygen atoms in total. The van der Waals surface area contributed by atoms with Crippen LogP contribution >= 0.6 is 0 Å². The lowest BCUT2D eigenvalue weighted by atomic mass is 10.1. The van der Waals surface area contributed by atoms with E-state index in [1.165, 1.54) is 29.7 Å².